The number of nitrogens with two attached hydrogens (primary N) is 1. The van der Waals surface area contributed by atoms with Crippen molar-refractivity contribution in [1.82, 2.24) is 16.0 Å². The van der Waals surface area contributed by atoms with Gasteiger partial charge in [-0.1, -0.05) is 30.3 Å². The predicted molar refractivity (Wildman–Crippen MR) is 105 cm³/mol. The lowest BCUT2D eigenvalue weighted by molar-refractivity contribution is -0.140. The first-order valence-electron chi connectivity index (χ1n) is 8.44. The Hall–Kier alpha value is -2.39. The summed E-state index contributed by atoms with van der Waals surface area (Å²) in [6, 6.07) is 6.48. The van der Waals surface area contributed by atoms with Gasteiger partial charge in [-0.3, -0.25) is 19.2 Å². The molecular weight excluding hydrogens is 368 g/mol. The summed E-state index contributed by atoms with van der Waals surface area (Å²) in [7, 11) is 1.59. The summed E-state index contributed by atoms with van der Waals surface area (Å²) in [4.78, 5) is 48.4. The number of ketones is 1. The molecule has 0 bridgehead atoms. The van der Waals surface area contributed by atoms with Gasteiger partial charge in [0.1, 0.15) is 12.1 Å². The number of hydrogen-bond donors (Lipinski definition) is 4. The van der Waals surface area contributed by atoms with Crippen LogP contribution in [0.5, 0.6) is 0 Å². The van der Waals surface area contributed by atoms with Gasteiger partial charge in [0, 0.05) is 12.2 Å². The van der Waals surface area contributed by atoms with Crippen LogP contribution in [-0.2, 0) is 25.6 Å². The number of carbonyl (C=O) groups is 4. The first-order valence-corrected chi connectivity index (χ1v) is 9.84. The van der Waals surface area contributed by atoms with Crippen molar-refractivity contribution < 1.29 is 19.2 Å². The minimum Gasteiger partial charge on any atom is -0.368 e. The summed E-state index contributed by atoms with van der Waals surface area (Å²) >= 11 is 1.43. The van der Waals surface area contributed by atoms with Gasteiger partial charge in [0.15, 0.2) is 0 Å². The van der Waals surface area contributed by atoms with E-state index in [9.17, 15) is 19.2 Å². The van der Waals surface area contributed by atoms with Crippen molar-refractivity contribution in [2.75, 3.05) is 19.1 Å². The van der Waals surface area contributed by atoms with Crippen LogP contribution in [0, 0.1) is 0 Å². The molecule has 0 saturated carbocycles. The molecule has 0 spiro atoms. The molecule has 27 heavy (non-hydrogen) atoms. The van der Waals surface area contributed by atoms with E-state index in [0.29, 0.717) is 5.75 Å². The van der Waals surface area contributed by atoms with Crippen molar-refractivity contribution in [2.45, 2.75) is 31.5 Å². The van der Waals surface area contributed by atoms with E-state index in [1.165, 1.54) is 18.7 Å². The maximum atomic E-state index is 12.5. The molecule has 0 aromatic heterocycles. The number of Topliss-reactive ketones (excluding diaryl/α,β-unsaturated/α-hetero) is 1. The summed E-state index contributed by atoms with van der Waals surface area (Å²) in [5.41, 5.74) is 5.97. The zero-order chi connectivity index (χ0) is 20.4. The topological polar surface area (TPSA) is 130 Å². The molecule has 1 rings (SSSR count). The number of likely N-dealkylation sites (N-methyl/N-ethyl adjacent to an activating group) is 1. The zero-order valence-corrected chi connectivity index (χ0v) is 16.5. The van der Waals surface area contributed by atoms with Crippen LogP contribution >= 0.6 is 11.8 Å². The Bertz CT molecular complexity index is 669. The number of thioether (sulfide) groups is 1. The Kier molecular flexibility index (Phi) is 9.52. The van der Waals surface area contributed by atoms with Crippen LogP contribution in [0.4, 0.5) is 0 Å². The van der Waals surface area contributed by atoms with Crippen molar-refractivity contribution in [3.05, 3.63) is 35.9 Å². The maximum absolute atomic E-state index is 12.5. The third kappa shape index (κ3) is 7.40. The van der Waals surface area contributed by atoms with Crippen LogP contribution in [0.2, 0.25) is 0 Å². The minimum absolute atomic E-state index is 0.171. The second-order valence-corrected chi connectivity index (χ2v) is 6.92. The quantitative estimate of drug-likeness (QED) is 0.365. The lowest BCUT2D eigenvalue weighted by atomic mass is 10.0. The van der Waals surface area contributed by atoms with E-state index in [4.69, 9.17) is 5.73 Å². The van der Waals surface area contributed by atoms with E-state index in [2.05, 4.69) is 16.0 Å². The molecule has 0 heterocycles. The van der Waals surface area contributed by atoms with Crippen molar-refractivity contribution in [3.63, 3.8) is 0 Å². The standard InChI is InChI=1S/C18H26N4O4S/c1-11(16(19)24)21-17(25)13(9-12-7-5-4-6-8-12)22-18(26)15(23)14(20-2)10-27-3/h4-8,11,13-14,20H,9-10H2,1-3H3,(H2,19,24)(H,21,25)(H,22,26). The smallest absolute Gasteiger partial charge is 0.289 e. The van der Waals surface area contributed by atoms with Crippen molar-refractivity contribution >= 4 is 35.3 Å². The van der Waals surface area contributed by atoms with Gasteiger partial charge in [0.05, 0.1) is 6.04 Å². The van der Waals surface area contributed by atoms with E-state index in [1.54, 1.807) is 31.3 Å². The number of benzene rings is 1. The fourth-order valence-electron chi connectivity index (χ4n) is 2.29. The summed E-state index contributed by atoms with van der Waals surface area (Å²) in [5, 5.41) is 7.72. The number of hydrogen-bond acceptors (Lipinski definition) is 6. The van der Waals surface area contributed by atoms with Crippen LogP contribution in [0.15, 0.2) is 30.3 Å². The number of nitrogens with one attached hydrogen (secondary N) is 3. The summed E-state index contributed by atoms with van der Waals surface area (Å²) < 4.78 is 0. The molecule has 148 valence electrons. The molecule has 0 saturated heterocycles. The molecule has 1 aromatic carbocycles. The van der Waals surface area contributed by atoms with Gasteiger partial charge in [-0.15, -0.1) is 0 Å². The summed E-state index contributed by atoms with van der Waals surface area (Å²) in [6.07, 6.45) is 2.00. The zero-order valence-electron chi connectivity index (χ0n) is 15.7. The molecule has 0 aliphatic carbocycles. The molecule has 9 heteroatoms. The Morgan fingerprint density at radius 2 is 1.70 bits per heavy atom. The number of primary amides is 1. The minimum atomic E-state index is -1.02. The molecule has 1 aromatic rings. The Labute approximate surface area is 163 Å². The first-order chi connectivity index (χ1) is 12.8. The van der Waals surface area contributed by atoms with Crippen LogP contribution in [-0.4, -0.2) is 60.7 Å². The SMILES string of the molecule is CNC(CSC)C(=O)C(=O)NC(Cc1ccccc1)C(=O)NC(C)C(N)=O. The Morgan fingerprint density at radius 1 is 1.07 bits per heavy atom. The van der Waals surface area contributed by atoms with Gasteiger partial charge in [-0.05, 0) is 25.8 Å². The first kappa shape index (κ1) is 22.7. The monoisotopic (exact) mass is 394 g/mol. The lowest BCUT2D eigenvalue weighted by Gasteiger charge is -2.21. The molecule has 5 N–H and O–H groups in total. The van der Waals surface area contributed by atoms with Gasteiger partial charge in [-0.2, -0.15) is 11.8 Å². The molecule has 0 aliphatic rings. The average Bonchev–Trinajstić information content (AvgIpc) is 2.65. The van der Waals surface area contributed by atoms with Gasteiger partial charge < -0.3 is 21.7 Å². The number of amides is 3. The molecule has 0 radical (unpaired) electrons. The molecule has 0 fully saturated rings. The van der Waals surface area contributed by atoms with Gasteiger partial charge in [0.2, 0.25) is 17.6 Å². The lowest BCUT2D eigenvalue weighted by Crippen LogP contribution is -2.55. The molecule has 3 atom stereocenters. The Balaban J connectivity index is 2.92. The molecular formula is C18H26N4O4S. The van der Waals surface area contributed by atoms with Crippen molar-refractivity contribution in [1.29, 1.82) is 0 Å². The predicted octanol–water partition coefficient (Wildman–Crippen LogP) is -0.776. The fourth-order valence-corrected chi connectivity index (χ4v) is 2.94. The molecule has 8 nitrogen and oxygen atoms in total. The highest BCUT2D eigenvalue weighted by Crippen LogP contribution is 2.05. The van der Waals surface area contributed by atoms with Crippen LogP contribution in [0.1, 0.15) is 12.5 Å². The second kappa shape index (κ2) is 11.3. The largest absolute Gasteiger partial charge is 0.368 e. The third-order valence-corrected chi connectivity index (χ3v) is 4.58. The van der Waals surface area contributed by atoms with E-state index in [0.717, 1.165) is 5.56 Å². The highest BCUT2D eigenvalue weighted by Gasteiger charge is 2.29. The maximum Gasteiger partial charge on any atom is 0.289 e. The summed E-state index contributed by atoms with van der Waals surface area (Å²) in [5.74, 6) is -2.36. The molecule has 3 unspecified atom stereocenters. The number of carbonyl (C=O) groups excluding carboxylic acids is 4. The van der Waals surface area contributed by atoms with Gasteiger partial charge in [-0.25, -0.2) is 0 Å². The summed E-state index contributed by atoms with van der Waals surface area (Å²) in [6.45, 7) is 1.45. The number of rotatable bonds is 11. The van der Waals surface area contributed by atoms with Crippen LogP contribution in [0.25, 0.3) is 0 Å². The highest BCUT2D eigenvalue weighted by molar-refractivity contribution is 7.98. The van der Waals surface area contributed by atoms with Crippen molar-refractivity contribution in [3.8, 4) is 0 Å². The van der Waals surface area contributed by atoms with Crippen LogP contribution in [0.3, 0.4) is 0 Å². The average molecular weight is 394 g/mol. The second-order valence-electron chi connectivity index (χ2n) is 6.01. The van der Waals surface area contributed by atoms with E-state index in [1.807, 2.05) is 12.3 Å². The highest BCUT2D eigenvalue weighted by atomic mass is 32.2. The normalized spacial score (nSPS) is 13.9. The van der Waals surface area contributed by atoms with E-state index in [-0.39, 0.29) is 6.42 Å². The van der Waals surface area contributed by atoms with E-state index < -0.39 is 41.6 Å². The molecule has 0 aliphatic heterocycles. The third-order valence-electron chi connectivity index (χ3n) is 3.91. The molecule has 3 amide bonds. The fraction of sp³-hybridized carbons (Fsp3) is 0.444. The van der Waals surface area contributed by atoms with E-state index >= 15 is 0 Å². The Morgan fingerprint density at radius 3 is 2.22 bits per heavy atom. The van der Waals surface area contributed by atoms with Crippen LogP contribution < -0.4 is 21.7 Å². The van der Waals surface area contributed by atoms with Crippen molar-refractivity contribution in [2.24, 2.45) is 5.73 Å². The van der Waals surface area contributed by atoms with Gasteiger partial charge >= 0.3 is 0 Å². The van der Waals surface area contributed by atoms with Gasteiger partial charge in [0.25, 0.3) is 5.91 Å².